The summed E-state index contributed by atoms with van der Waals surface area (Å²) < 4.78 is 1.69. The van der Waals surface area contributed by atoms with Crippen molar-refractivity contribution in [3.05, 3.63) is 33.8 Å². The number of carboxylic acids is 1. The van der Waals surface area contributed by atoms with Crippen LogP contribution in [0, 0.1) is 29.1 Å². The number of anilines is 1. The van der Waals surface area contributed by atoms with Crippen molar-refractivity contribution in [2.45, 2.75) is 59.9 Å². The molecule has 0 unspecified atom stereocenters. The van der Waals surface area contributed by atoms with Gasteiger partial charge in [0.2, 0.25) is 5.91 Å². The maximum absolute atomic E-state index is 13.6. The number of carboxylic acid groups (broad SMARTS) is 1. The van der Waals surface area contributed by atoms with Crippen LogP contribution in [0.1, 0.15) is 73.5 Å². The average Bonchev–Trinajstić information content (AvgIpc) is 3.30. The van der Waals surface area contributed by atoms with E-state index < -0.39 is 5.97 Å². The summed E-state index contributed by atoms with van der Waals surface area (Å²) in [5, 5.41) is 14.1. The Kier molecular flexibility index (Phi) is 6.90. The number of hydrogen-bond donors (Lipinski definition) is 1. The second kappa shape index (κ2) is 9.27. The second-order valence-corrected chi connectivity index (χ2v) is 10.6. The first-order chi connectivity index (χ1) is 14.5. The molecule has 0 radical (unpaired) electrons. The summed E-state index contributed by atoms with van der Waals surface area (Å²) in [6, 6.07) is 1.76. The number of carbonyl (C=O) groups is 2. The first-order valence-corrected chi connectivity index (χ1v) is 11.5. The number of aromatic nitrogens is 2. The average molecular weight is 442 g/mol. The number of aryl methyl sites for hydroxylation is 1. The van der Waals surface area contributed by atoms with E-state index in [1.165, 1.54) is 0 Å². The summed E-state index contributed by atoms with van der Waals surface area (Å²) in [5.41, 5.74) is 1.10. The van der Waals surface area contributed by atoms with Crippen molar-refractivity contribution < 1.29 is 14.7 Å². The lowest BCUT2D eigenvalue weighted by Crippen LogP contribution is -2.37. The van der Waals surface area contributed by atoms with E-state index in [0.717, 1.165) is 42.6 Å². The van der Waals surface area contributed by atoms with Crippen LogP contribution in [-0.4, -0.2) is 26.8 Å². The van der Waals surface area contributed by atoms with Crippen molar-refractivity contribution in [3.8, 4) is 11.8 Å². The Morgan fingerprint density at radius 1 is 1.29 bits per heavy atom. The Bertz CT molecular complexity index is 1010. The van der Waals surface area contributed by atoms with Crippen LogP contribution in [-0.2, 0) is 18.4 Å². The van der Waals surface area contributed by atoms with Crippen LogP contribution in [0.15, 0.2) is 18.5 Å². The molecule has 1 amide bonds. The molecular formula is C24H31N3O3S. The minimum absolute atomic E-state index is 0.00798. The van der Waals surface area contributed by atoms with Gasteiger partial charge in [0.15, 0.2) is 0 Å². The number of nitrogens with zero attached hydrogens (tertiary/aromatic N) is 3. The monoisotopic (exact) mass is 441 g/mol. The predicted octanol–water partition coefficient (Wildman–Crippen LogP) is 4.94. The van der Waals surface area contributed by atoms with Crippen LogP contribution in [0.5, 0.6) is 0 Å². The lowest BCUT2D eigenvalue weighted by atomic mass is 9.82. The highest BCUT2D eigenvalue weighted by atomic mass is 32.1. The summed E-state index contributed by atoms with van der Waals surface area (Å²) in [6.07, 6.45) is 7.30. The van der Waals surface area contributed by atoms with Gasteiger partial charge in [-0.05, 0) is 58.4 Å². The van der Waals surface area contributed by atoms with Crippen LogP contribution < -0.4 is 4.90 Å². The highest BCUT2D eigenvalue weighted by Gasteiger charge is 2.32. The van der Waals surface area contributed by atoms with E-state index in [9.17, 15) is 14.7 Å². The molecule has 0 saturated heterocycles. The quantitative estimate of drug-likeness (QED) is 0.667. The van der Waals surface area contributed by atoms with Gasteiger partial charge in [-0.15, -0.1) is 11.3 Å². The van der Waals surface area contributed by atoms with Crippen molar-refractivity contribution in [2.24, 2.45) is 24.3 Å². The van der Waals surface area contributed by atoms with Crippen molar-refractivity contribution in [1.82, 2.24) is 9.78 Å². The van der Waals surface area contributed by atoms with Crippen molar-refractivity contribution in [3.63, 3.8) is 0 Å². The van der Waals surface area contributed by atoms with Crippen LogP contribution >= 0.6 is 11.3 Å². The van der Waals surface area contributed by atoms with Gasteiger partial charge in [-0.2, -0.15) is 5.10 Å². The third kappa shape index (κ3) is 5.98. The molecule has 31 heavy (non-hydrogen) atoms. The summed E-state index contributed by atoms with van der Waals surface area (Å²) in [4.78, 5) is 28.1. The fourth-order valence-corrected chi connectivity index (χ4v) is 4.64. The molecule has 6 nitrogen and oxygen atoms in total. The Morgan fingerprint density at radius 3 is 2.52 bits per heavy atom. The molecule has 0 spiro atoms. The molecule has 2 aromatic heterocycles. The molecule has 7 heteroatoms. The summed E-state index contributed by atoms with van der Waals surface area (Å²) in [7, 11) is 1.83. The Morgan fingerprint density at radius 2 is 1.97 bits per heavy atom. The van der Waals surface area contributed by atoms with Gasteiger partial charge in [-0.3, -0.25) is 9.48 Å². The molecular weight excluding hydrogens is 410 g/mol. The largest absolute Gasteiger partial charge is 0.477 e. The molecule has 3 rings (SSSR count). The molecule has 1 aliphatic carbocycles. The SMILES string of the molecule is Cn1cc(CN(c2cc(C#CC(C)(C)C)sc2C(=O)O)C(=O)[C@H]2CC[C@@H](C)CC2)cn1. The minimum atomic E-state index is -1.04. The molecule has 0 aliphatic heterocycles. The molecule has 2 heterocycles. The van der Waals surface area contributed by atoms with Crippen LogP contribution in [0.2, 0.25) is 0 Å². The number of aromatic carboxylic acids is 1. The van der Waals surface area contributed by atoms with Gasteiger partial charge in [0.05, 0.1) is 23.3 Å². The zero-order valence-corrected chi connectivity index (χ0v) is 19.8. The predicted molar refractivity (Wildman–Crippen MR) is 123 cm³/mol. The van der Waals surface area contributed by atoms with Crippen LogP contribution in [0.3, 0.4) is 0 Å². The standard InChI is InChI=1S/C24H31N3O3S/c1-16-6-8-18(9-7-16)22(28)27(15-17-13-25-26(5)14-17)20-12-19(10-11-24(2,3)4)31-21(20)23(29)30/h12-14,16,18H,6-9,15H2,1-5H3,(H,29,30)/t16-,18+. The fraction of sp³-hybridized carbons (Fsp3) is 0.542. The maximum Gasteiger partial charge on any atom is 0.348 e. The van der Waals surface area contributed by atoms with Gasteiger partial charge in [0.1, 0.15) is 4.88 Å². The lowest BCUT2D eigenvalue weighted by Gasteiger charge is -2.31. The maximum atomic E-state index is 13.6. The van der Waals surface area contributed by atoms with Gasteiger partial charge in [-0.25, -0.2) is 4.79 Å². The van der Waals surface area contributed by atoms with Gasteiger partial charge in [0.25, 0.3) is 0 Å². The molecule has 1 aliphatic rings. The van der Waals surface area contributed by atoms with Crippen LogP contribution in [0.25, 0.3) is 0 Å². The lowest BCUT2D eigenvalue weighted by molar-refractivity contribution is -0.123. The minimum Gasteiger partial charge on any atom is -0.477 e. The zero-order chi connectivity index (χ0) is 22.8. The Balaban J connectivity index is 2.01. The molecule has 166 valence electrons. The van der Waals surface area contributed by atoms with Crippen molar-refractivity contribution in [1.29, 1.82) is 0 Å². The third-order valence-electron chi connectivity index (χ3n) is 5.49. The van der Waals surface area contributed by atoms with E-state index in [4.69, 9.17) is 0 Å². The molecule has 0 atom stereocenters. The molecule has 0 bridgehead atoms. The van der Waals surface area contributed by atoms with Crippen molar-refractivity contribution >= 4 is 28.9 Å². The fourth-order valence-electron chi connectivity index (χ4n) is 3.79. The Labute approximate surface area is 188 Å². The normalized spacial score (nSPS) is 18.9. The topological polar surface area (TPSA) is 75.4 Å². The molecule has 1 N–H and O–H groups in total. The van der Waals surface area contributed by atoms with E-state index in [1.807, 2.05) is 34.0 Å². The highest BCUT2D eigenvalue weighted by molar-refractivity contribution is 7.15. The highest BCUT2D eigenvalue weighted by Crippen LogP contribution is 2.36. The first-order valence-electron chi connectivity index (χ1n) is 10.7. The smallest absolute Gasteiger partial charge is 0.348 e. The number of rotatable bonds is 5. The second-order valence-electron chi connectivity index (χ2n) is 9.53. The van der Waals surface area contributed by atoms with E-state index in [-0.39, 0.29) is 22.1 Å². The molecule has 1 saturated carbocycles. The van der Waals surface area contributed by atoms with Gasteiger partial charge >= 0.3 is 5.97 Å². The van der Waals surface area contributed by atoms with Gasteiger partial charge in [-0.1, -0.05) is 18.8 Å². The summed E-state index contributed by atoms with van der Waals surface area (Å²) in [6.45, 7) is 8.54. The number of thiophene rings is 1. The summed E-state index contributed by atoms with van der Waals surface area (Å²) >= 11 is 1.13. The Hall–Kier alpha value is -2.59. The van der Waals surface area contributed by atoms with E-state index in [0.29, 0.717) is 23.0 Å². The van der Waals surface area contributed by atoms with Gasteiger partial charge < -0.3 is 10.0 Å². The number of amides is 1. The van der Waals surface area contributed by atoms with Crippen molar-refractivity contribution in [2.75, 3.05) is 4.90 Å². The van der Waals surface area contributed by atoms with Crippen LogP contribution in [0.4, 0.5) is 5.69 Å². The number of carbonyl (C=O) groups excluding carboxylic acids is 1. The molecule has 0 aromatic carbocycles. The van der Waals surface area contributed by atoms with E-state index in [1.54, 1.807) is 21.8 Å². The summed E-state index contributed by atoms with van der Waals surface area (Å²) in [5.74, 6) is 5.76. The number of hydrogen-bond acceptors (Lipinski definition) is 4. The zero-order valence-electron chi connectivity index (χ0n) is 18.9. The van der Waals surface area contributed by atoms with E-state index in [2.05, 4.69) is 23.9 Å². The molecule has 1 fully saturated rings. The first kappa shape index (κ1) is 23.1. The van der Waals surface area contributed by atoms with E-state index >= 15 is 0 Å². The van der Waals surface area contributed by atoms with Gasteiger partial charge in [0, 0.05) is 30.1 Å². The molecule has 2 aromatic rings. The third-order valence-corrected chi connectivity index (χ3v) is 6.52.